The highest BCUT2D eigenvalue weighted by molar-refractivity contribution is 8.00. The van der Waals surface area contributed by atoms with Crippen LogP contribution in [0.3, 0.4) is 0 Å². The summed E-state index contributed by atoms with van der Waals surface area (Å²) in [7, 11) is 0. The van der Waals surface area contributed by atoms with Gasteiger partial charge in [-0.25, -0.2) is 0 Å². The highest BCUT2D eigenvalue weighted by atomic mass is 35.5. The van der Waals surface area contributed by atoms with Crippen molar-refractivity contribution in [3.8, 4) is 5.75 Å². The normalized spacial score (nSPS) is 11.5. The van der Waals surface area contributed by atoms with E-state index < -0.39 is 0 Å². The molecule has 2 aromatic rings. The number of thioether (sulfide) groups is 1. The molecule has 132 valence electrons. The number of ether oxygens (including phenoxy) is 1. The smallest absolute Gasteiger partial charge is 0.185 e. The molecule has 0 saturated heterocycles. The van der Waals surface area contributed by atoms with Crippen LogP contribution in [0.5, 0.6) is 5.75 Å². The number of Topliss-reactive ketones (excluding diaryl/α,β-unsaturated/α-hetero) is 1. The van der Waals surface area contributed by atoms with Gasteiger partial charge in [-0.3, -0.25) is 10.2 Å². The molecule has 0 aliphatic heterocycles. The van der Waals surface area contributed by atoms with Crippen molar-refractivity contribution in [1.29, 1.82) is 0 Å². The number of carbonyl (C=O) groups is 1. The van der Waals surface area contributed by atoms with Crippen molar-refractivity contribution < 1.29 is 9.53 Å². The molecule has 0 heterocycles. The Bertz CT molecular complexity index is 723. The van der Waals surface area contributed by atoms with Gasteiger partial charge in [0.2, 0.25) is 0 Å². The number of nitrogens with one attached hydrogen (secondary N) is 1. The first-order valence-corrected chi connectivity index (χ1v) is 9.17. The van der Waals surface area contributed by atoms with Crippen LogP contribution in [0.25, 0.3) is 0 Å². The molecule has 0 bridgehead atoms. The minimum atomic E-state index is -0.235. The highest BCUT2D eigenvalue weighted by Crippen LogP contribution is 2.21. The van der Waals surface area contributed by atoms with Gasteiger partial charge >= 0.3 is 0 Å². The fraction of sp³-hybridized carbons (Fsp3) is 0.263. The number of ketones is 1. The molecule has 0 atom stereocenters. The second kappa shape index (κ2) is 8.92. The largest absolute Gasteiger partial charge is 0.488 e. The van der Waals surface area contributed by atoms with E-state index in [0.29, 0.717) is 10.8 Å². The zero-order chi connectivity index (χ0) is 18.3. The van der Waals surface area contributed by atoms with Gasteiger partial charge < -0.3 is 4.74 Å². The standard InChI is InChI=1S/C19H21ClN2O2S/c1-19(2,3)24-17-8-6-15(7-9-17)22-21-12-16(23)13-25-18-10-4-14(20)5-11-18/h4-12,22H,13H2,1-3H3. The summed E-state index contributed by atoms with van der Waals surface area (Å²) in [6.45, 7) is 5.99. The Balaban J connectivity index is 1.77. The summed E-state index contributed by atoms with van der Waals surface area (Å²) in [5, 5.41) is 4.65. The Labute approximate surface area is 157 Å². The van der Waals surface area contributed by atoms with Crippen molar-refractivity contribution in [1.82, 2.24) is 0 Å². The summed E-state index contributed by atoms with van der Waals surface area (Å²) in [5.41, 5.74) is 3.39. The van der Waals surface area contributed by atoms with Crippen molar-refractivity contribution in [2.45, 2.75) is 31.3 Å². The first-order chi connectivity index (χ1) is 11.8. The zero-order valence-corrected chi connectivity index (χ0v) is 16.0. The summed E-state index contributed by atoms with van der Waals surface area (Å²) >= 11 is 7.28. The van der Waals surface area contributed by atoms with Crippen LogP contribution >= 0.6 is 23.4 Å². The molecular weight excluding hydrogens is 356 g/mol. The molecule has 0 saturated carbocycles. The maximum Gasteiger partial charge on any atom is 0.185 e. The van der Waals surface area contributed by atoms with E-state index >= 15 is 0 Å². The van der Waals surface area contributed by atoms with E-state index in [1.165, 1.54) is 18.0 Å². The molecule has 0 unspecified atom stereocenters. The minimum Gasteiger partial charge on any atom is -0.488 e. The molecule has 2 aromatic carbocycles. The Kier molecular flexibility index (Phi) is 6.91. The van der Waals surface area contributed by atoms with Crippen LogP contribution in [0.4, 0.5) is 5.69 Å². The van der Waals surface area contributed by atoms with E-state index in [1.54, 1.807) is 12.1 Å². The van der Waals surface area contributed by atoms with Gasteiger partial charge in [0.25, 0.3) is 0 Å². The summed E-state index contributed by atoms with van der Waals surface area (Å²) in [4.78, 5) is 12.8. The molecule has 2 rings (SSSR count). The number of rotatable bonds is 7. The number of hydrogen-bond acceptors (Lipinski definition) is 5. The van der Waals surface area contributed by atoms with Gasteiger partial charge in [-0.15, -0.1) is 11.8 Å². The topological polar surface area (TPSA) is 50.7 Å². The Morgan fingerprint density at radius 2 is 1.80 bits per heavy atom. The minimum absolute atomic E-state index is 0.0693. The molecule has 0 spiro atoms. The highest BCUT2D eigenvalue weighted by Gasteiger charge is 2.11. The third-order valence-corrected chi connectivity index (χ3v) is 4.16. The van der Waals surface area contributed by atoms with Gasteiger partial charge in [0, 0.05) is 9.92 Å². The average molecular weight is 377 g/mol. The number of benzene rings is 2. The molecule has 0 aliphatic rings. The van der Waals surface area contributed by atoms with Gasteiger partial charge in [0.05, 0.1) is 17.7 Å². The first-order valence-electron chi connectivity index (χ1n) is 7.81. The summed E-state index contributed by atoms with van der Waals surface area (Å²) in [5.74, 6) is 1.04. The average Bonchev–Trinajstić information content (AvgIpc) is 2.55. The zero-order valence-electron chi connectivity index (χ0n) is 14.5. The quantitative estimate of drug-likeness (QED) is 0.406. The summed E-state index contributed by atoms with van der Waals surface area (Å²) in [6, 6.07) is 14.8. The third kappa shape index (κ3) is 7.63. The van der Waals surface area contributed by atoms with Crippen LogP contribution in [0.1, 0.15) is 20.8 Å². The lowest BCUT2D eigenvalue weighted by Gasteiger charge is -2.21. The lowest BCUT2D eigenvalue weighted by Crippen LogP contribution is -2.22. The summed E-state index contributed by atoms with van der Waals surface area (Å²) in [6.07, 6.45) is 1.29. The van der Waals surface area contributed by atoms with Crippen molar-refractivity contribution in [2.75, 3.05) is 11.2 Å². The van der Waals surface area contributed by atoms with Gasteiger partial charge in [0.15, 0.2) is 5.78 Å². The number of halogens is 1. The number of anilines is 1. The van der Waals surface area contributed by atoms with E-state index in [0.717, 1.165) is 16.3 Å². The molecule has 4 nitrogen and oxygen atoms in total. The maximum absolute atomic E-state index is 11.8. The third-order valence-electron chi connectivity index (χ3n) is 2.88. The van der Waals surface area contributed by atoms with Crippen LogP contribution in [0.2, 0.25) is 5.02 Å². The Hall–Kier alpha value is -1.98. The van der Waals surface area contributed by atoms with Crippen LogP contribution in [0.15, 0.2) is 58.5 Å². The van der Waals surface area contributed by atoms with E-state index in [4.69, 9.17) is 16.3 Å². The first kappa shape index (κ1) is 19.3. The lowest BCUT2D eigenvalue weighted by atomic mass is 10.2. The molecule has 0 aromatic heterocycles. The molecular formula is C19H21ClN2O2S. The molecule has 6 heteroatoms. The van der Waals surface area contributed by atoms with Crippen molar-refractivity contribution in [3.63, 3.8) is 0 Å². The molecule has 0 amide bonds. The lowest BCUT2D eigenvalue weighted by molar-refractivity contribution is -0.110. The van der Waals surface area contributed by atoms with Crippen LogP contribution < -0.4 is 10.2 Å². The van der Waals surface area contributed by atoms with Gasteiger partial charge in [0.1, 0.15) is 11.4 Å². The van der Waals surface area contributed by atoms with Crippen LogP contribution in [-0.4, -0.2) is 23.4 Å². The monoisotopic (exact) mass is 376 g/mol. The molecule has 1 N–H and O–H groups in total. The maximum atomic E-state index is 11.8. The van der Waals surface area contributed by atoms with E-state index in [1.807, 2.05) is 57.2 Å². The van der Waals surface area contributed by atoms with Gasteiger partial charge in [-0.2, -0.15) is 5.10 Å². The number of carbonyl (C=O) groups excluding carboxylic acids is 1. The molecule has 0 aliphatic carbocycles. The number of nitrogens with zero attached hydrogens (tertiary/aromatic N) is 1. The van der Waals surface area contributed by atoms with E-state index in [9.17, 15) is 4.79 Å². The van der Waals surface area contributed by atoms with Gasteiger partial charge in [-0.1, -0.05) is 11.6 Å². The van der Waals surface area contributed by atoms with E-state index in [-0.39, 0.29) is 11.4 Å². The number of hydrazone groups is 1. The van der Waals surface area contributed by atoms with Crippen molar-refractivity contribution >= 4 is 41.0 Å². The summed E-state index contributed by atoms with van der Waals surface area (Å²) < 4.78 is 5.75. The fourth-order valence-electron chi connectivity index (χ4n) is 1.85. The van der Waals surface area contributed by atoms with Crippen LogP contribution in [-0.2, 0) is 4.79 Å². The second-order valence-electron chi connectivity index (χ2n) is 6.32. The Morgan fingerprint density at radius 1 is 1.16 bits per heavy atom. The molecule has 0 fully saturated rings. The number of hydrogen-bond donors (Lipinski definition) is 1. The van der Waals surface area contributed by atoms with Crippen molar-refractivity contribution in [3.05, 3.63) is 53.6 Å². The second-order valence-corrected chi connectivity index (χ2v) is 7.80. The van der Waals surface area contributed by atoms with E-state index in [2.05, 4.69) is 10.5 Å². The van der Waals surface area contributed by atoms with Crippen molar-refractivity contribution in [2.24, 2.45) is 5.10 Å². The van der Waals surface area contributed by atoms with Gasteiger partial charge in [-0.05, 0) is 69.3 Å². The Morgan fingerprint density at radius 3 is 2.40 bits per heavy atom. The van der Waals surface area contributed by atoms with Crippen LogP contribution in [0, 0.1) is 0 Å². The molecule has 25 heavy (non-hydrogen) atoms. The SMILES string of the molecule is CC(C)(C)Oc1ccc(NN=CC(=O)CSc2ccc(Cl)cc2)cc1. The molecule has 0 radical (unpaired) electrons. The predicted molar refractivity (Wildman–Crippen MR) is 106 cm³/mol. The fourth-order valence-corrected chi connectivity index (χ4v) is 2.69. The predicted octanol–water partition coefficient (Wildman–Crippen LogP) is 5.28.